The van der Waals surface area contributed by atoms with E-state index in [1.165, 1.54) is 18.2 Å². The Morgan fingerprint density at radius 3 is 2.92 bits per heavy atom. The van der Waals surface area contributed by atoms with Crippen LogP contribution in [0.15, 0.2) is 50.0 Å². The predicted octanol–water partition coefficient (Wildman–Crippen LogP) is 4.30. The van der Waals surface area contributed by atoms with Crippen molar-refractivity contribution in [3.8, 4) is 11.4 Å². The molecule has 0 unspecified atom stereocenters. The normalized spacial score (nSPS) is 11.2. The van der Waals surface area contributed by atoms with Crippen LogP contribution in [0.4, 0.5) is 4.39 Å². The summed E-state index contributed by atoms with van der Waals surface area (Å²) >= 11 is 3.16. The second kappa shape index (κ2) is 7.43. The zero-order valence-electron chi connectivity index (χ0n) is 13.0. The molecule has 6 nitrogen and oxygen atoms in total. The van der Waals surface area contributed by atoms with Gasteiger partial charge in [0.05, 0.1) is 0 Å². The van der Waals surface area contributed by atoms with E-state index in [2.05, 4.69) is 26.1 Å². The molecule has 0 saturated heterocycles. The van der Waals surface area contributed by atoms with Crippen molar-refractivity contribution in [1.82, 2.24) is 10.1 Å². The Morgan fingerprint density at radius 2 is 2.20 bits per heavy atom. The SMILES string of the molecule is Cc1ccc(-c2noc(COC(=O)/C=C/c3ccc(Br)o3)n2)cc1F. The predicted molar refractivity (Wildman–Crippen MR) is 89.7 cm³/mol. The van der Waals surface area contributed by atoms with Crippen molar-refractivity contribution < 1.29 is 22.9 Å². The number of aromatic nitrogens is 2. The summed E-state index contributed by atoms with van der Waals surface area (Å²) in [5, 5.41) is 3.75. The maximum Gasteiger partial charge on any atom is 0.331 e. The summed E-state index contributed by atoms with van der Waals surface area (Å²) in [6, 6.07) is 8.03. The van der Waals surface area contributed by atoms with Crippen LogP contribution in [0.25, 0.3) is 17.5 Å². The van der Waals surface area contributed by atoms with Crippen LogP contribution in [0, 0.1) is 12.7 Å². The van der Waals surface area contributed by atoms with Crippen LogP contribution in [0.1, 0.15) is 17.2 Å². The second-order valence-corrected chi connectivity index (χ2v) is 5.84. The summed E-state index contributed by atoms with van der Waals surface area (Å²) in [4.78, 5) is 15.7. The Labute approximate surface area is 150 Å². The van der Waals surface area contributed by atoms with Crippen molar-refractivity contribution in [1.29, 1.82) is 0 Å². The number of ether oxygens (including phenoxy) is 1. The lowest BCUT2D eigenvalue weighted by Crippen LogP contribution is -2.00. The van der Waals surface area contributed by atoms with Gasteiger partial charge in [0.1, 0.15) is 11.6 Å². The molecule has 3 aromatic rings. The largest absolute Gasteiger partial charge is 0.452 e. The minimum atomic E-state index is -0.589. The summed E-state index contributed by atoms with van der Waals surface area (Å²) < 4.78 is 29.4. The van der Waals surface area contributed by atoms with E-state index < -0.39 is 5.97 Å². The number of nitrogens with zero attached hydrogens (tertiary/aromatic N) is 2. The fourth-order valence-corrected chi connectivity index (χ4v) is 2.23. The zero-order valence-corrected chi connectivity index (χ0v) is 14.6. The van der Waals surface area contributed by atoms with E-state index in [0.717, 1.165) is 0 Å². The van der Waals surface area contributed by atoms with Crippen LogP contribution >= 0.6 is 15.9 Å². The van der Waals surface area contributed by atoms with E-state index >= 15 is 0 Å². The Kier molecular flexibility index (Phi) is 5.08. The standard InChI is InChI=1S/C17H12BrFN2O4/c1-10-2-3-11(8-13(10)19)17-20-15(25-21-17)9-23-16(22)7-5-12-4-6-14(18)24-12/h2-8H,9H2,1H3/b7-5+. The van der Waals surface area contributed by atoms with Crippen LogP contribution in [0.2, 0.25) is 0 Å². The van der Waals surface area contributed by atoms with E-state index in [9.17, 15) is 9.18 Å². The van der Waals surface area contributed by atoms with Crippen LogP contribution in [0.3, 0.4) is 0 Å². The Bertz CT molecular complexity index is 932. The summed E-state index contributed by atoms with van der Waals surface area (Å²) in [6.45, 7) is 1.47. The maximum absolute atomic E-state index is 13.6. The highest BCUT2D eigenvalue weighted by Crippen LogP contribution is 2.19. The lowest BCUT2D eigenvalue weighted by atomic mass is 10.1. The van der Waals surface area contributed by atoms with Gasteiger partial charge < -0.3 is 13.7 Å². The van der Waals surface area contributed by atoms with Crippen LogP contribution < -0.4 is 0 Å². The molecule has 0 radical (unpaired) electrons. The highest BCUT2D eigenvalue weighted by molar-refractivity contribution is 9.10. The van der Waals surface area contributed by atoms with Crippen molar-refractivity contribution in [2.24, 2.45) is 0 Å². The third-order valence-corrected chi connectivity index (χ3v) is 3.64. The Morgan fingerprint density at radius 1 is 1.36 bits per heavy atom. The van der Waals surface area contributed by atoms with Crippen molar-refractivity contribution in [3.63, 3.8) is 0 Å². The first-order chi connectivity index (χ1) is 12.0. The van der Waals surface area contributed by atoms with Gasteiger partial charge in [-0.1, -0.05) is 17.3 Å². The van der Waals surface area contributed by atoms with Crippen molar-refractivity contribution >= 4 is 28.0 Å². The number of benzene rings is 1. The number of hydrogen-bond acceptors (Lipinski definition) is 6. The number of esters is 1. The van der Waals surface area contributed by atoms with E-state index in [1.54, 1.807) is 31.2 Å². The highest BCUT2D eigenvalue weighted by Gasteiger charge is 2.11. The number of aryl methyl sites for hydroxylation is 1. The Balaban J connectivity index is 1.58. The topological polar surface area (TPSA) is 78.4 Å². The van der Waals surface area contributed by atoms with Crippen molar-refractivity contribution in [2.45, 2.75) is 13.5 Å². The van der Waals surface area contributed by atoms with E-state index in [-0.39, 0.29) is 24.1 Å². The quantitative estimate of drug-likeness (QED) is 0.464. The number of hydrogen-bond donors (Lipinski definition) is 0. The van der Waals surface area contributed by atoms with Crippen molar-refractivity contribution in [2.75, 3.05) is 0 Å². The number of rotatable bonds is 5. The third-order valence-electron chi connectivity index (χ3n) is 3.21. The van der Waals surface area contributed by atoms with E-state index in [0.29, 0.717) is 21.6 Å². The average molecular weight is 407 g/mol. The highest BCUT2D eigenvalue weighted by atomic mass is 79.9. The lowest BCUT2D eigenvalue weighted by molar-refractivity contribution is -0.139. The average Bonchev–Trinajstić information content (AvgIpc) is 3.22. The molecule has 0 amide bonds. The van der Waals surface area contributed by atoms with Crippen LogP contribution in [-0.4, -0.2) is 16.1 Å². The third kappa shape index (κ3) is 4.42. The fraction of sp³-hybridized carbons (Fsp3) is 0.118. The van der Waals surface area contributed by atoms with E-state index in [1.807, 2.05) is 0 Å². The minimum absolute atomic E-state index is 0.110. The molecular formula is C17H12BrFN2O4. The number of carbonyl (C=O) groups is 1. The minimum Gasteiger partial charge on any atom is -0.452 e. The van der Waals surface area contributed by atoms with E-state index in [4.69, 9.17) is 13.7 Å². The van der Waals surface area contributed by atoms with Gasteiger partial charge in [-0.05, 0) is 52.7 Å². The molecular weight excluding hydrogens is 395 g/mol. The first-order valence-corrected chi connectivity index (χ1v) is 8.00. The molecule has 0 saturated carbocycles. The summed E-state index contributed by atoms with van der Waals surface area (Å²) in [7, 11) is 0. The van der Waals surface area contributed by atoms with Gasteiger partial charge in [-0.15, -0.1) is 0 Å². The van der Waals surface area contributed by atoms with Crippen molar-refractivity contribution in [3.05, 3.63) is 64.1 Å². The number of carbonyl (C=O) groups excluding carboxylic acids is 1. The summed E-state index contributed by atoms with van der Waals surface area (Å²) in [5.74, 6) is -0.108. The molecule has 2 heterocycles. The molecule has 0 bridgehead atoms. The van der Waals surface area contributed by atoms with Gasteiger partial charge in [-0.2, -0.15) is 4.98 Å². The first kappa shape index (κ1) is 17.1. The van der Waals surface area contributed by atoms with Gasteiger partial charge in [0.25, 0.3) is 5.89 Å². The summed E-state index contributed by atoms with van der Waals surface area (Å²) in [6.07, 6.45) is 2.69. The molecule has 128 valence electrons. The second-order valence-electron chi connectivity index (χ2n) is 5.06. The van der Waals surface area contributed by atoms with Crippen LogP contribution in [0.5, 0.6) is 0 Å². The molecule has 0 fully saturated rings. The molecule has 0 aliphatic carbocycles. The fourth-order valence-electron chi connectivity index (χ4n) is 1.91. The van der Waals surface area contributed by atoms with Gasteiger partial charge >= 0.3 is 5.97 Å². The monoisotopic (exact) mass is 406 g/mol. The molecule has 3 rings (SSSR count). The number of halogens is 2. The van der Waals surface area contributed by atoms with Gasteiger partial charge in [-0.25, -0.2) is 9.18 Å². The Hall–Kier alpha value is -2.74. The molecule has 25 heavy (non-hydrogen) atoms. The molecule has 0 aliphatic heterocycles. The number of furan rings is 1. The first-order valence-electron chi connectivity index (χ1n) is 7.20. The van der Waals surface area contributed by atoms with Crippen LogP contribution in [-0.2, 0) is 16.1 Å². The van der Waals surface area contributed by atoms with Gasteiger partial charge in [0.15, 0.2) is 11.3 Å². The zero-order chi connectivity index (χ0) is 17.8. The van der Waals surface area contributed by atoms with Gasteiger partial charge in [0.2, 0.25) is 5.82 Å². The van der Waals surface area contributed by atoms with Gasteiger partial charge in [-0.3, -0.25) is 0 Å². The molecule has 0 aliphatic rings. The van der Waals surface area contributed by atoms with Gasteiger partial charge in [0, 0.05) is 11.6 Å². The maximum atomic E-state index is 13.6. The molecule has 8 heteroatoms. The molecule has 0 N–H and O–H groups in total. The molecule has 0 atom stereocenters. The molecule has 1 aromatic carbocycles. The molecule has 2 aromatic heterocycles. The molecule has 0 spiro atoms. The smallest absolute Gasteiger partial charge is 0.331 e. The summed E-state index contributed by atoms with van der Waals surface area (Å²) in [5.41, 5.74) is 1.00. The lowest BCUT2D eigenvalue weighted by Gasteiger charge is -1.98.